The number of carbonyl (C=O) groups is 2. The highest BCUT2D eigenvalue weighted by Crippen LogP contribution is 2.22. The van der Waals surface area contributed by atoms with Crippen LogP contribution in [0.25, 0.3) is 0 Å². The molecular formula is C16H27N5O2. The minimum atomic E-state index is -0.124. The molecule has 0 saturated carbocycles. The molecule has 7 heteroatoms. The molecule has 0 unspecified atom stereocenters. The molecule has 1 atom stereocenters. The molecular weight excluding hydrogens is 294 g/mol. The maximum absolute atomic E-state index is 12.6. The molecule has 0 bridgehead atoms. The minimum Gasteiger partial charge on any atom is -0.346 e. The largest absolute Gasteiger partial charge is 0.346 e. The van der Waals surface area contributed by atoms with Gasteiger partial charge in [0, 0.05) is 33.0 Å². The van der Waals surface area contributed by atoms with E-state index in [1.807, 2.05) is 7.05 Å². The van der Waals surface area contributed by atoms with Crippen molar-refractivity contribution in [2.75, 3.05) is 13.1 Å². The van der Waals surface area contributed by atoms with Crippen LogP contribution in [0.5, 0.6) is 0 Å². The second kappa shape index (κ2) is 7.57. The number of aryl methyl sites for hydroxylation is 1. The third-order valence-electron chi connectivity index (χ3n) is 4.39. The second-order valence-corrected chi connectivity index (χ2v) is 6.71. The third kappa shape index (κ3) is 4.53. The summed E-state index contributed by atoms with van der Waals surface area (Å²) >= 11 is 0. The van der Waals surface area contributed by atoms with Crippen molar-refractivity contribution in [1.29, 1.82) is 0 Å². The molecule has 2 amide bonds. The Bertz CT molecular complexity index is 546. The fraction of sp³-hybridized carbons (Fsp3) is 0.750. The van der Waals surface area contributed by atoms with Gasteiger partial charge in [0.05, 0.1) is 6.04 Å². The Morgan fingerprint density at radius 2 is 2.00 bits per heavy atom. The first-order valence-corrected chi connectivity index (χ1v) is 8.28. The number of carbonyl (C=O) groups excluding carboxylic acids is 2. The van der Waals surface area contributed by atoms with E-state index < -0.39 is 0 Å². The van der Waals surface area contributed by atoms with E-state index in [1.54, 1.807) is 16.5 Å². The van der Waals surface area contributed by atoms with E-state index in [1.165, 1.54) is 6.33 Å². The molecule has 0 aromatic carbocycles. The number of amides is 2. The van der Waals surface area contributed by atoms with Gasteiger partial charge in [-0.05, 0) is 25.2 Å². The van der Waals surface area contributed by atoms with Crippen molar-refractivity contribution >= 4 is 11.8 Å². The monoisotopic (exact) mass is 321 g/mol. The summed E-state index contributed by atoms with van der Waals surface area (Å²) in [6, 6.07) is -0.124. The van der Waals surface area contributed by atoms with E-state index in [9.17, 15) is 9.59 Å². The minimum absolute atomic E-state index is 0.0338. The summed E-state index contributed by atoms with van der Waals surface area (Å²) in [6.07, 6.45) is 3.78. The zero-order chi connectivity index (χ0) is 17.0. The summed E-state index contributed by atoms with van der Waals surface area (Å²) in [5.41, 5.74) is 0. The Balaban J connectivity index is 1.98. The molecule has 1 N–H and O–H groups in total. The fourth-order valence-corrected chi connectivity index (χ4v) is 3.07. The number of rotatable bonds is 5. The van der Waals surface area contributed by atoms with Crippen molar-refractivity contribution < 1.29 is 9.59 Å². The van der Waals surface area contributed by atoms with Crippen LogP contribution in [0, 0.1) is 11.8 Å². The van der Waals surface area contributed by atoms with E-state index in [4.69, 9.17) is 0 Å². The topological polar surface area (TPSA) is 80.1 Å². The average molecular weight is 321 g/mol. The molecule has 1 saturated heterocycles. The van der Waals surface area contributed by atoms with Crippen LogP contribution in [-0.2, 0) is 16.6 Å². The van der Waals surface area contributed by atoms with Crippen LogP contribution in [0.3, 0.4) is 0 Å². The van der Waals surface area contributed by atoms with Crippen LogP contribution in [0.15, 0.2) is 6.33 Å². The first kappa shape index (κ1) is 17.4. The first-order chi connectivity index (χ1) is 10.9. The smallest absolute Gasteiger partial charge is 0.223 e. The molecule has 1 fully saturated rings. The van der Waals surface area contributed by atoms with Crippen molar-refractivity contribution in [2.45, 2.75) is 46.1 Å². The zero-order valence-corrected chi connectivity index (χ0v) is 14.5. The predicted octanol–water partition coefficient (Wildman–Crippen LogP) is 1.28. The molecule has 1 aromatic rings. The van der Waals surface area contributed by atoms with Gasteiger partial charge in [-0.15, -0.1) is 0 Å². The van der Waals surface area contributed by atoms with Gasteiger partial charge in [-0.2, -0.15) is 5.10 Å². The SMILES string of the molecule is CC(=O)N1CCC(C(=O)N[C@@H](CC(C)C)c2ncnn2C)CC1. The van der Waals surface area contributed by atoms with E-state index in [2.05, 4.69) is 29.2 Å². The van der Waals surface area contributed by atoms with Crippen molar-refractivity contribution in [2.24, 2.45) is 18.9 Å². The summed E-state index contributed by atoms with van der Waals surface area (Å²) in [5.74, 6) is 1.33. The molecule has 1 aromatic heterocycles. The fourth-order valence-electron chi connectivity index (χ4n) is 3.07. The van der Waals surface area contributed by atoms with Gasteiger partial charge in [0.2, 0.25) is 11.8 Å². The number of hydrogen-bond donors (Lipinski definition) is 1. The molecule has 0 spiro atoms. The van der Waals surface area contributed by atoms with Crippen LogP contribution in [0.2, 0.25) is 0 Å². The molecule has 7 nitrogen and oxygen atoms in total. The molecule has 0 radical (unpaired) electrons. The van der Waals surface area contributed by atoms with Crippen LogP contribution < -0.4 is 5.32 Å². The van der Waals surface area contributed by atoms with Crippen molar-refractivity contribution in [3.05, 3.63) is 12.2 Å². The normalized spacial score (nSPS) is 17.3. The lowest BCUT2D eigenvalue weighted by Gasteiger charge is -2.31. The standard InChI is InChI=1S/C16H27N5O2/c1-11(2)9-14(15-17-10-18-20(15)4)19-16(23)13-5-7-21(8-6-13)12(3)22/h10-11,13-14H,5-9H2,1-4H3,(H,19,23)/t14-/m0/s1. The van der Waals surface area contributed by atoms with Crippen LogP contribution in [0.1, 0.15) is 51.9 Å². The molecule has 1 aliphatic heterocycles. The number of hydrogen-bond acceptors (Lipinski definition) is 4. The average Bonchev–Trinajstić information content (AvgIpc) is 2.92. The third-order valence-corrected chi connectivity index (χ3v) is 4.39. The molecule has 23 heavy (non-hydrogen) atoms. The molecule has 128 valence electrons. The summed E-state index contributed by atoms with van der Waals surface area (Å²) < 4.78 is 1.71. The van der Waals surface area contributed by atoms with Crippen LogP contribution in [-0.4, -0.2) is 44.6 Å². The molecule has 2 rings (SSSR count). The Morgan fingerprint density at radius 1 is 1.35 bits per heavy atom. The summed E-state index contributed by atoms with van der Waals surface area (Å²) in [4.78, 5) is 30.1. The van der Waals surface area contributed by atoms with Gasteiger partial charge in [-0.25, -0.2) is 4.98 Å². The first-order valence-electron chi connectivity index (χ1n) is 8.28. The second-order valence-electron chi connectivity index (χ2n) is 6.71. The van der Waals surface area contributed by atoms with Crippen LogP contribution >= 0.6 is 0 Å². The van der Waals surface area contributed by atoms with Gasteiger partial charge in [0.25, 0.3) is 0 Å². The highest BCUT2D eigenvalue weighted by atomic mass is 16.2. The quantitative estimate of drug-likeness (QED) is 0.886. The highest BCUT2D eigenvalue weighted by molar-refractivity contribution is 5.80. The maximum Gasteiger partial charge on any atom is 0.223 e. The lowest BCUT2D eigenvalue weighted by Crippen LogP contribution is -2.43. The number of nitrogens with one attached hydrogen (secondary N) is 1. The van der Waals surface area contributed by atoms with Crippen LogP contribution in [0.4, 0.5) is 0 Å². The lowest BCUT2D eigenvalue weighted by atomic mass is 9.94. The van der Waals surface area contributed by atoms with E-state index in [0.717, 1.165) is 25.1 Å². The summed E-state index contributed by atoms with van der Waals surface area (Å²) in [5, 5.41) is 7.24. The van der Waals surface area contributed by atoms with Gasteiger partial charge in [0.15, 0.2) is 0 Å². The van der Waals surface area contributed by atoms with E-state index >= 15 is 0 Å². The van der Waals surface area contributed by atoms with Crippen molar-refractivity contribution in [3.8, 4) is 0 Å². The Hall–Kier alpha value is -1.92. The summed E-state index contributed by atoms with van der Waals surface area (Å²) in [6.45, 7) is 7.15. The molecule has 0 aliphatic carbocycles. The zero-order valence-electron chi connectivity index (χ0n) is 14.5. The Labute approximate surface area is 137 Å². The lowest BCUT2D eigenvalue weighted by molar-refractivity contribution is -0.134. The van der Waals surface area contributed by atoms with Crippen molar-refractivity contribution in [1.82, 2.24) is 25.0 Å². The summed E-state index contributed by atoms with van der Waals surface area (Å²) in [7, 11) is 1.84. The van der Waals surface area contributed by atoms with E-state index in [-0.39, 0.29) is 23.8 Å². The molecule has 2 heterocycles. The number of nitrogens with zero attached hydrogens (tertiary/aromatic N) is 4. The molecule has 1 aliphatic rings. The number of aromatic nitrogens is 3. The van der Waals surface area contributed by atoms with Gasteiger partial charge in [-0.1, -0.05) is 13.8 Å². The Morgan fingerprint density at radius 3 is 2.48 bits per heavy atom. The number of piperidine rings is 1. The maximum atomic E-state index is 12.6. The van der Waals surface area contributed by atoms with Gasteiger partial charge >= 0.3 is 0 Å². The van der Waals surface area contributed by atoms with Gasteiger partial charge in [0.1, 0.15) is 12.2 Å². The van der Waals surface area contributed by atoms with E-state index in [0.29, 0.717) is 19.0 Å². The number of likely N-dealkylation sites (tertiary alicyclic amines) is 1. The van der Waals surface area contributed by atoms with Gasteiger partial charge in [-0.3, -0.25) is 14.3 Å². The highest BCUT2D eigenvalue weighted by Gasteiger charge is 2.29. The van der Waals surface area contributed by atoms with Crippen molar-refractivity contribution in [3.63, 3.8) is 0 Å². The van der Waals surface area contributed by atoms with Gasteiger partial charge < -0.3 is 10.2 Å². The predicted molar refractivity (Wildman–Crippen MR) is 86.3 cm³/mol. The Kier molecular flexibility index (Phi) is 5.74.